The number of anilines is 1. The Hall–Kier alpha value is -3.07. The Morgan fingerprint density at radius 2 is 1.66 bits per heavy atom. The number of aryl methyl sites for hydroxylation is 2. The standard InChI is InChI=1S/C29H34N2O/c1-8-30-24-16-26-21(14-18(24)3)28(20-12-10-11-13-23(20)29(5,6)7)22-15-19(4)25(31-9-2)17-27(22)32-26/h10-17,30H,8-9H2,1-7H3/b31-25-. The van der Waals surface area contributed by atoms with Gasteiger partial charge in [0, 0.05) is 47.4 Å². The molecule has 1 aliphatic carbocycles. The second-order valence-corrected chi connectivity index (χ2v) is 9.58. The van der Waals surface area contributed by atoms with Crippen LogP contribution in [0.5, 0.6) is 0 Å². The molecule has 166 valence electrons. The molecule has 0 saturated heterocycles. The average molecular weight is 427 g/mol. The van der Waals surface area contributed by atoms with Gasteiger partial charge < -0.3 is 9.73 Å². The van der Waals surface area contributed by atoms with E-state index in [4.69, 9.17) is 4.42 Å². The average Bonchev–Trinajstić information content (AvgIpc) is 2.74. The van der Waals surface area contributed by atoms with E-state index in [0.717, 1.165) is 46.4 Å². The summed E-state index contributed by atoms with van der Waals surface area (Å²) in [6.45, 7) is 16.9. The molecule has 0 atom stereocenters. The van der Waals surface area contributed by atoms with Crippen LogP contribution in [0.2, 0.25) is 0 Å². The monoisotopic (exact) mass is 426 g/mol. The largest absolute Gasteiger partial charge is 0.456 e. The first kappa shape index (κ1) is 22.1. The maximum absolute atomic E-state index is 6.52. The van der Waals surface area contributed by atoms with Gasteiger partial charge in [0.05, 0.1) is 5.36 Å². The molecular formula is C29H34N2O. The smallest absolute Gasteiger partial charge is 0.137 e. The summed E-state index contributed by atoms with van der Waals surface area (Å²) in [6.07, 6.45) is 0. The van der Waals surface area contributed by atoms with Crippen molar-refractivity contribution >= 4 is 16.7 Å². The van der Waals surface area contributed by atoms with E-state index in [2.05, 4.69) is 107 Å². The molecule has 1 aliphatic heterocycles. The second-order valence-electron chi connectivity index (χ2n) is 9.58. The van der Waals surface area contributed by atoms with Crippen molar-refractivity contribution in [2.75, 3.05) is 18.4 Å². The molecule has 3 nitrogen and oxygen atoms in total. The van der Waals surface area contributed by atoms with Crippen molar-refractivity contribution in [3.05, 3.63) is 70.6 Å². The highest BCUT2D eigenvalue weighted by atomic mass is 16.3. The normalized spacial score (nSPS) is 12.7. The number of fused-ring (bicyclic) bond motifs is 2. The molecule has 2 aromatic carbocycles. The summed E-state index contributed by atoms with van der Waals surface area (Å²) in [4.78, 5) is 4.68. The third-order valence-corrected chi connectivity index (χ3v) is 6.08. The topological polar surface area (TPSA) is 37.5 Å². The van der Waals surface area contributed by atoms with Crippen LogP contribution in [0.25, 0.3) is 33.4 Å². The summed E-state index contributed by atoms with van der Waals surface area (Å²) in [7, 11) is 0. The minimum Gasteiger partial charge on any atom is -0.456 e. The Morgan fingerprint density at radius 3 is 2.34 bits per heavy atom. The maximum atomic E-state index is 6.52. The van der Waals surface area contributed by atoms with Crippen LogP contribution < -0.4 is 10.7 Å². The van der Waals surface area contributed by atoms with Crippen LogP contribution in [0.3, 0.4) is 0 Å². The third-order valence-electron chi connectivity index (χ3n) is 6.08. The lowest BCUT2D eigenvalue weighted by Gasteiger charge is -2.26. The lowest BCUT2D eigenvalue weighted by molar-refractivity contribution is 0.591. The van der Waals surface area contributed by atoms with Crippen LogP contribution in [-0.4, -0.2) is 13.1 Å². The number of hydrogen-bond acceptors (Lipinski definition) is 3. The molecule has 0 amide bonds. The van der Waals surface area contributed by atoms with Crippen LogP contribution in [0, 0.1) is 13.8 Å². The van der Waals surface area contributed by atoms with E-state index in [-0.39, 0.29) is 5.41 Å². The molecule has 0 spiro atoms. The molecular weight excluding hydrogens is 392 g/mol. The third kappa shape index (κ3) is 3.92. The van der Waals surface area contributed by atoms with Crippen molar-refractivity contribution in [2.45, 2.75) is 53.9 Å². The first-order valence-electron chi connectivity index (χ1n) is 11.6. The summed E-state index contributed by atoms with van der Waals surface area (Å²) in [6, 6.07) is 17.5. The molecule has 4 rings (SSSR count). The molecule has 0 unspecified atom stereocenters. The maximum Gasteiger partial charge on any atom is 0.137 e. The zero-order valence-electron chi connectivity index (χ0n) is 20.4. The van der Waals surface area contributed by atoms with Gasteiger partial charge in [-0.2, -0.15) is 0 Å². The van der Waals surface area contributed by atoms with Crippen molar-refractivity contribution in [1.82, 2.24) is 0 Å². The fourth-order valence-corrected chi connectivity index (χ4v) is 4.56. The Balaban J connectivity index is 2.20. The van der Waals surface area contributed by atoms with Gasteiger partial charge in [0.2, 0.25) is 0 Å². The quantitative estimate of drug-likeness (QED) is 0.344. The van der Waals surface area contributed by atoms with E-state index in [0.29, 0.717) is 0 Å². The number of benzene rings is 3. The Labute approximate surface area is 191 Å². The molecule has 0 radical (unpaired) electrons. The molecule has 2 aliphatic rings. The second kappa shape index (κ2) is 8.46. The van der Waals surface area contributed by atoms with Crippen LogP contribution in [-0.2, 0) is 5.41 Å². The molecule has 2 aromatic rings. The zero-order valence-corrected chi connectivity index (χ0v) is 20.4. The summed E-state index contributed by atoms with van der Waals surface area (Å²) < 4.78 is 6.52. The molecule has 0 aromatic heterocycles. The summed E-state index contributed by atoms with van der Waals surface area (Å²) in [5, 5.41) is 5.62. The van der Waals surface area contributed by atoms with E-state index in [1.54, 1.807) is 0 Å². The summed E-state index contributed by atoms with van der Waals surface area (Å²) in [5.74, 6) is 0.875. The molecule has 1 N–H and O–H groups in total. The number of rotatable bonds is 4. The fourth-order valence-electron chi connectivity index (χ4n) is 4.56. The molecule has 0 bridgehead atoms. The number of nitrogens with one attached hydrogen (secondary N) is 1. The van der Waals surface area contributed by atoms with Gasteiger partial charge in [-0.05, 0) is 67.5 Å². The van der Waals surface area contributed by atoms with Crippen molar-refractivity contribution in [3.8, 4) is 22.5 Å². The van der Waals surface area contributed by atoms with Gasteiger partial charge in [-0.3, -0.25) is 4.99 Å². The van der Waals surface area contributed by atoms with Gasteiger partial charge in [-0.1, -0.05) is 45.0 Å². The molecule has 0 saturated carbocycles. The van der Waals surface area contributed by atoms with Crippen molar-refractivity contribution < 1.29 is 4.42 Å². The Bertz CT molecular complexity index is 1320. The number of nitrogens with zero attached hydrogens (tertiary/aromatic N) is 1. The fraction of sp³-hybridized carbons (Fsp3) is 0.345. The minimum absolute atomic E-state index is 0.0213. The van der Waals surface area contributed by atoms with Crippen molar-refractivity contribution in [2.24, 2.45) is 4.99 Å². The van der Waals surface area contributed by atoms with Crippen molar-refractivity contribution in [1.29, 1.82) is 0 Å². The van der Waals surface area contributed by atoms with Gasteiger partial charge in [-0.25, -0.2) is 0 Å². The van der Waals surface area contributed by atoms with E-state index >= 15 is 0 Å². The Kier molecular flexibility index (Phi) is 5.85. The molecule has 1 heterocycles. The molecule has 3 heteroatoms. The van der Waals surface area contributed by atoms with E-state index in [9.17, 15) is 0 Å². The van der Waals surface area contributed by atoms with Crippen molar-refractivity contribution in [3.63, 3.8) is 0 Å². The van der Waals surface area contributed by atoms with Crippen LogP contribution in [0.1, 0.15) is 51.3 Å². The predicted molar refractivity (Wildman–Crippen MR) is 137 cm³/mol. The lowest BCUT2D eigenvalue weighted by Crippen LogP contribution is -2.13. The number of hydrogen-bond donors (Lipinski definition) is 1. The predicted octanol–water partition coefficient (Wildman–Crippen LogP) is 7.47. The van der Waals surface area contributed by atoms with E-state index in [1.165, 1.54) is 27.8 Å². The van der Waals surface area contributed by atoms with Gasteiger partial charge in [0.25, 0.3) is 0 Å². The Morgan fingerprint density at radius 1 is 0.906 bits per heavy atom. The van der Waals surface area contributed by atoms with Gasteiger partial charge in [0.1, 0.15) is 11.3 Å². The highest BCUT2D eigenvalue weighted by molar-refractivity contribution is 6.04. The minimum atomic E-state index is 0.0213. The zero-order chi connectivity index (χ0) is 23.0. The van der Waals surface area contributed by atoms with Gasteiger partial charge >= 0.3 is 0 Å². The SMILES string of the molecule is CC/N=c1/cc2oc3cc(NCC)c(C)cc3c(-c3ccccc3C(C)(C)C)c-2cc1C. The van der Waals surface area contributed by atoms with Gasteiger partial charge in [-0.15, -0.1) is 0 Å². The molecule has 0 fully saturated rings. The summed E-state index contributed by atoms with van der Waals surface area (Å²) >= 11 is 0. The van der Waals surface area contributed by atoms with Crippen LogP contribution >= 0.6 is 0 Å². The van der Waals surface area contributed by atoms with E-state index < -0.39 is 0 Å². The highest BCUT2D eigenvalue weighted by Gasteiger charge is 2.24. The first-order chi connectivity index (χ1) is 15.2. The van der Waals surface area contributed by atoms with Crippen LogP contribution in [0.15, 0.2) is 57.9 Å². The molecule has 32 heavy (non-hydrogen) atoms. The van der Waals surface area contributed by atoms with Crippen LogP contribution in [0.4, 0.5) is 5.69 Å². The van der Waals surface area contributed by atoms with E-state index in [1.807, 2.05) is 0 Å². The highest BCUT2D eigenvalue weighted by Crippen LogP contribution is 2.44. The lowest BCUT2D eigenvalue weighted by atomic mass is 9.79. The first-order valence-corrected chi connectivity index (χ1v) is 11.6. The summed E-state index contributed by atoms with van der Waals surface area (Å²) in [5.41, 5.74) is 9.40. The van der Waals surface area contributed by atoms with Gasteiger partial charge in [0.15, 0.2) is 0 Å².